The van der Waals surface area contributed by atoms with E-state index in [0.29, 0.717) is 35.8 Å². The Morgan fingerprint density at radius 3 is 2.72 bits per heavy atom. The lowest BCUT2D eigenvalue weighted by molar-refractivity contribution is 0.0761. The fourth-order valence-electron chi connectivity index (χ4n) is 3.85. The summed E-state index contributed by atoms with van der Waals surface area (Å²) in [4.78, 5) is 29.0. The summed E-state index contributed by atoms with van der Waals surface area (Å²) in [7, 11) is 0. The average Bonchev–Trinajstić information content (AvgIpc) is 2.93. The number of fused-ring (bicyclic) bond motifs is 1. The van der Waals surface area contributed by atoms with Crippen molar-refractivity contribution in [2.75, 3.05) is 26.2 Å². The normalized spacial score (nSPS) is 15.4. The van der Waals surface area contributed by atoms with E-state index in [4.69, 9.17) is 16.0 Å². The quantitative estimate of drug-likeness (QED) is 0.610. The molecule has 2 heterocycles. The minimum Gasteiger partial charge on any atom is -0.423 e. The first-order valence-corrected chi connectivity index (χ1v) is 10.2. The highest BCUT2D eigenvalue weighted by atomic mass is 35.5. The van der Waals surface area contributed by atoms with Crippen molar-refractivity contribution < 1.29 is 9.21 Å². The Balaban J connectivity index is 1.50. The number of aryl methyl sites for hydroxylation is 1. The highest BCUT2D eigenvalue weighted by molar-refractivity contribution is 6.33. The molecule has 1 aromatic heterocycles. The van der Waals surface area contributed by atoms with E-state index in [1.54, 1.807) is 18.2 Å². The van der Waals surface area contributed by atoms with Crippen molar-refractivity contribution in [1.29, 1.82) is 0 Å². The molecular formula is C23H23ClN2O3. The topological polar surface area (TPSA) is 53.8 Å². The number of halogens is 1. The van der Waals surface area contributed by atoms with Crippen LogP contribution in [0.25, 0.3) is 11.0 Å². The van der Waals surface area contributed by atoms with Gasteiger partial charge in [-0.05, 0) is 42.7 Å². The first-order chi connectivity index (χ1) is 14.0. The van der Waals surface area contributed by atoms with E-state index in [-0.39, 0.29) is 11.5 Å². The lowest BCUT2D eigenvalue weighted by Crippen LogP contribution is -2.35. The third-order valence-electron chi connectivity index (χ3n) is 5.36. The van der Waals surface area contributed by atoms with Gasteiger partial charge >= 0.3 is 5.63 Å². The third kappa shape index (κ3) is 4.36. The molecule has 2 aromatic carbocycles. The molecule has 1 aliphatic heterocycles. The maximum Gasteiger partial charge on any atom is 0.336 e. The fraction of sp³-hybridized carbons (Fsp3) is 0.304. The zero-order valence-electron chi connectivity index (χ0n) is 16.4. The Bertz CT molecular complexity index is 1110. The Labute approximate surface area is 174 Å². The number of hydrogen-bond donors (Lipinski definition) is 0. The van der Waals surface area contributed by atoms with Crippen molar-refractivity contribution in [3.05, 3.63) is 80.7 Å². The Morgan fingerprint density at radius 1 is 1.07 bits per heavy atom. The van der Waals surface area contributed by atoms with Gasteiger partial charge in [0, 0.05) is 44.2 Å². The van der Waals surface area contributed by atoms with Crippen LogP contribution in [0, 0.1) is 6.92 Å². The number of amides is 1. The summed E-state index contributed by atoms with van der Waals surface area (Å²) in [5, 5.41) is 1.44. The van der Waals surface area contributed by atoms with Gasteiger partial charge in [-0.15, -0.1) is 0 Å². The molecule has 0 N–H and O–H groups in total. The lowest BCUT2D eigenvalue weighted by Gasteiger charge is -2.22. The highest BCUT2D eigenvalue weighted by Gasteiger charge is 2.22. The molecule has 0 unspecified atom stereocenters. The molecule has 1 saturated heterocycles. The molecule has 3 aromatic rings. The monoisotopic (exact) mass is 410 g/mol. The molecule has 0 aliphatic carbocycles. The molecular weight excluding hydrogens is 388 g/mol. The van der Waals surface area contributed by atoms with Crippen LogP contribution >= 0.6 is 11.6 Å². The van der Waals surface area contributed by atoms with E-state index in [0.717, 1.165) is 36.0 Å². The van der Waals surface area contributed by atoms with Gasteiger partial charge in [0.15, 0.2) is 0 Å². The summed E-state index contributed by atoms with van der Waals surface area (Å²) >= 11 is 6.20. The Morgan fingerprint density at radius 2 is 1.90 bits per heavy atom. The zero-order valence-corrected chi connectivity index (χ0v) is 17.1. The SMILES string of the molecule is Cc1ccc2c(CN3CCCN(C(=O)c4ccccc4Cl)CC3)cc(=O)oc2c1. The molecule has 0 radical (unpaired) electrons. The molecule has 150 valence electrons. The molecule has 0 atom stereocenters. The smallest absolute Gasteiger partial charge is 0.336 e. The third-order valence-corrected chi connectivity index (χ3v) is 5.69. The van der Waals surface area contributed by atoms with E-state index in [1.807, 2.05) is 42.2 Å². The lowest BCUT2D eigenvalue weighted by atomic mass is 10.1. The van der Waals surface area contributed by atoms with Gasteiger partial charge in [0.2, 0.25) is 0 Å². The summed E-state index contributed by atoms with van der Waals surface area (Å²) in [6.07, 6.45) is 0.870. The van der Waals surface area contributed by atoms with Gasteiger partial charge in [0.05, 0.1) is 10.6 Å². The predicted octanol–water partition coefficient (Wildman–Crippen LogP) is 4.10. The van der Waals surface area contributed by atoms with Gasteiger partial charge in [0.1, 0.15) is 5.58 Å². The van der Waals surface area contributed by atoms with Crippen LogP contribution in [-0.4, -0.2) is 41.9 Å². The number of benzene rings is 2. The maximum atomic E-state index is 12.9. The van der Waals surface area contributed by atoms with E-state index in [2.05, 4.69) is 4.90 Å². The fourth-order valence-corrected chi connectivity index (χ4v) is 4.06. The summed E-state index contributed by atoms with van der Waals surface area (Å²) in [6, 6.07) is 14.7. The predicted molar refractivity (Wildman–Crippen MR) is 114 cm³/mol. The highest BCUT2D eigenvalue weighted by Crippen LogP contribution is 2.22. The maximum absolute atomic E-state index is 12.9. The van der Waals surface area contributed by atoms with Gasteiger partial charge in [0.25, 0.3) is 5.91 Å². The number of nitrogens with zero attached hydrogens (tertiary/aromatic N) is 2. The van der Waals surface area contributed by atoms with Gasteiger partial charge in [-0.1, -0.05) is 35.9 Å². The summed E-state index contributed by atoms with van der Waals surface area (Å²) in [6.45, 7) is 5.55. The van der Waals surface area contributed by atoms with E-state index >= 15 is 0 Å². The second-order valence-electron chi connectivity index (χ2n) is 7.49. The average molecular weight is 411 g/mol. The molecule has 5 nitrogen and oxygen atoms in total. The van der Waals surface area contributed by atoms with E-state index < -0.39 is 0 Å². The van der Waals surface area contributed by atoms with Crippen molar-refractivity contribution in [1.82, 2.24) is 9.80 Å². The Kier molecular flexibility index (Phi) is 5.69. The Hall–Kier alpha value is -2.63. The largest absolute Gasteiger partial charge is 0.423 e. The minimum atomic E-state index is -0.330. The van der Waals surface area contributed by atoms with Crippen molar-refractivity contribution in [2.24, 2.45) is 0 Å². The van der Waals surface area contributed by atoms with Gasteiger partial charge in [-0.25, -0.2) is 4.79 Å². The van der Waals surface area contributed by atoms with Crippen LogP contribution in [0.3, 0.4) is 0 Å². The van der Waals surface area contributed by atoms with Gasteiger partial charge < -0.3 is 9.32 Å². The van der Waals surface area contributed by atoms with Crippen LogP contribution in [0.2, 0.25) is 5.02 Å². The molecule has 0 spiro atoms. The molecule has 1 aliphatic rings. The van der Waals surface area contributed by atoms with Crippen molar-refractivity contribution in [2.45, 2.75) is 19.9 Å². The van der Waals surface area contributed by atoms with Crippen LogP contribution in [0.1, 0.15) is 27.9 Å². The standard InChI is InChI=1S/C23H23ClN2O3/c1-16-7-8-18-17(14-22(27)29-21(18)13-16)15-25-9-4-10-26(12-11-25)23(28)19-5-2-3-6-20(19)24/h2-3,5-8,13-14H,4,9-12,15H2,1H3. The first kappa shape index (κ1) is 19.7. The van der Waals surface area contributed by atoms with Gasteiger partial charge in [-0.2, -0.15) is 0 Å². The second kappa shape index (κ2) is 8.39. The van der Waals surface area contributed by atoms with Crippen molar-refractivity contribution >= 4 is 28.5 Å². The summed E-state index contributed by atoms with van der Waals surface area (Å²) in [5.74, 6) is -0.0290. The van der Waals surface area contributed by atoms with Crippen LogP contribution in [-0.2, 0) is 6.54 Å². The van der Waals surface area contributed by atoms with E-state index in [1.165, 1.54) is 0 Å². The minimum absolute atomic E-state index is 0.0290. The molecule has 0 saturated carbocycles. The van der Waals surface area contributed by atoms with Crippen LogP contribution in [0.5, 0.6) is 0 Å². The molecule has 0 bridgehead atoms. The number of carbonyl (C=O) groups is 1. The van der Waals surface area contributed by atoms with E-state index in [9.17, 15) is 9.59 Å². The number of carbonyl (C=O) groups excluding carboxylic acids is 1. The molecule has 1 amide bonds. The molecule has 29 heavy (non-hydrogen) atoms. The second-order valence-corrected chi connectivity index (χ2v) is 7.90. The van der Waals surface area contributed by atoms with Crippen LogP contribution in [0.15, 0.2) is 57.7 Å². The van der Waals surface area contributed by atoms with Gasteiger partial charge in [-0.3, -0.25) is 9.69 Å². The molecule has 1 fully saturated rings. The first-order valence-electron chi connectivity index (χ1n) is 9.81. The van der Waals surface area contributed by atoms with Crippen molar-refractivity contribution in [3.63, 3.8) is 0 Å². The number of rotatable bonds is 3. The van der Waals surface area contributed by atoms with Crippen molar-refractivity contribution in [3.8, 4) is 0 Å². The molecule has 4 rings (SSSR count). The summed E-state index contributed by atoms with van der Waals surface area (Å²) < 4.78 is 5.37. The van der Waals surface area contributed by atoms with Crippen LogP contribution < -0.4 is 5.63 Å². The van der Waals surface area contributed by atoms with Crippen LogP contribution in [0.4, 0.5) is 0 Å². The summed E-state index contributed by atoms with van der Waals surface area (Å²) in [5.41, 5.74) is 2.86. The number of hydrogen-bond acceptors (Lipinski definition) is 4. The molecule has 6 heteroatoms. The zero-order chi connectivity index (χ0) is 20.4.